The molecule has 3 fully saturated rings. The normalized spacial score (nSPS) is 53.7. The summed E-state index contributed by atoms with van der Waals surface area (Å²) in [6.45, 7) is 3.63. The minimum absolute atomic E-state index is 0.0238. The lowest BCUT2D eigenvalue weighted by Crippen LogP contribution is -2.29. The molecular formula is C8H10O4. The van der Waals surface area contributed by atoms with Gasteiger partial charge in [0.2, 0.25) is 0 Å². The topological polar surface area (TPSA) is 48.1 Å². The largest absolute Gasteiger partial charge is 0.358 e. The molecule has 0 aromatic carbocycles. The van der Waals surface area contributed by atoms with Gasteiger partial charge >= 0.3 is 0 Å². The summed E-state index contributed by atoms with van der Waals surface area (Å²) in [4.78, 5) is 11.4. The Balaban J connectivity index is 1.91. The van der Waals surface area contributed by atoms with Crippen LogP contribution in [0, 0.1) is 0 Å². The molecule has 3 aliphatic rings. The van der Waals surface area contributed by atoms with Gasteiger partial charge in [-0.3, -0.25) is 4.79 Å². The molecule has 0 radical (unpaired) electrons. The zero-order chi connectivity index (χ0) is 8.51. The molecule has 0 aromatic heterocycles. The summed E-state index contributed by atoms with van der Waals surface area (Å²) in [7, 11) is 0. The predicted octanol–water partition coefficient (Wildman–Crippen LogP) is -0.143. The van der Waals surface area contributed by atoms with Gasteiger partial charge in [0.1, 0.15) is 18.3 Å². The molecule has 3 rings (SSSR count). The van der Waals surface area contributed by atoms with E-state index in [4.69, 9.17) is 14.2 Å². The number of ketones is 1. The standard InChI is InChI=1S/C8H10O4/c1-8(2)11-5-3(9)4-6(10-4)7(5)12-8/h4-7H,1-2H3. The minimum atomic E-state index is -0.623. The van der Waals surface area contributed by atoms with Crippen molar-refractivity contribution in [3.8, 4) is 0 Å². The van der Waals surface area contributed by atoms with Gasteiger partial charge in [-0.1, -0.05) is 0 Å². The molecular weight excluding hydrogens is 160 g/mol. The van der Waals surface area contributed by atoms with Crippen molar-refractivity contribution >= 4 is 5.78 Å². The number of hydrogen-bond acceptors (Lipinski definition) is 4. The molecule has 1 saturated carbocycles. The molecule has 4 unspecified atom stereocenters. The van der Waals surface area contributed by atoms with Gasteiger partial charge in [0.25, 0.3) is 0 Å². The average Bonchev–Trinajstić information content (AvgIpc) is 2.62. The van der Waals surface area contributed by atoms with Crippen LogP contribution in [0.5, 0.6) is 0 Å². The van der Waals surface area contributed by atoms with Gasteiger partial charge in [-0.2, -0.15) is 0 Å². The van der Waals surface area contributed by atoms with Crippen LogP contribution in [0.1, 0.15) is 13.8 Å². The first kappa shape index (κ1) is 7.00. The second-order valence-corrected chi connectivity index (χ2v) is 3.94. The lowest BCUT2D eigenvalue weighted by Gasteiger charge is -2.16. The van der Waals surface area contributed by atoms with Crippen molar-refractivity contribution < 1.29 is 19.0 Å². The lowest BCUT2D eigenvalue weighted by molar-refractivity contribution is -0.157. The molecule has 4 heteroatoms. The fraction of sp³-hybridized carbons (Fsp3) is 0.875. The smallest absolute Gasteiger partial charge is 0.195 e. The molecule has 1 aliphatic carbocycles. The Morgan fingerprint density at radius 2 is 1.92 bits per heavy atom. The summed E-state index contributed by atoms with van der Waals surface area (Å²) in [5.74, 6) is -0.572. The lowest BCUT2D eigenvalue weighted by atomic mass is 10.2. The molecule has 4 atom stereocenters. The number of fused-ring (bicyclic) bond motifs is 3. The highest BCUT2D eigenvalue weighted by Crippen LogP contribution is 2.46. The zero-order valence-corrected chi connectivity index (χ0v) is 6.94. The van der Waals surface area contributed by atoms with Crippen LogP contribution in [-0.4, -0.2) is 36.0 Å². The highest BCUT2D eigenvalue weighted by atomic mass is 16.8. The first-order valence-corrected chi connectivity index (χ1v) is 4.13. The first-order valence-electron chi connectivity index (χ1n) is 4.13. The van der Waals surface area contributed by atoms with Crippen LogP contribution in [0.3, 0.4) is 0 Å². The monoisotopic (exact) mass is 170 g/mol. The van der Waals surface area contributed by atoms with Crippen LogP contribution in [0.25, 0.3) is 0 Å². The van der Waals surface area contributed by atoms with Crippen LogP contribution in [0.15, 0.2) is 0 Å². The van der Waals surface area contributed by atoms with Crippen LogP contribution < -0.4 is 0 Å². The van der Waals surface area contributed by atoms with E-state index in [0.29, 0.717) is 0 Å². The maximum absolute atomic E-state index is 11.4. The predicted molar refractivity (Wildman–Crippen MR) is 37.5 cm³/mol. The maximum Gasteiger partial charge on any atom is 0.195 e. The second-order valence-electron chi connectivity index (χ2n) is 3.94. The quantitative estimate of drug-likeness (QED) is 0.474. The fourth-order valence-electron chi connectivity index (χ4n) is 2.01. The van der Waals surface area contributed by atoms with Crippen molar-refractivity contribution in [2.24, 2.45) is 0 Å². The van der Waals surface area contributed by atoms with E-state index < -0.39 is 5.79 Å². The molecule has 66 valence electrons. The van der Waals surface area contributed by atoms with Gasteiger partial charge in [0, 0.05) is 0 Å². The molecule has 2 heterocycles. The minimum Gasteiger partial charge on any atom is -0.358 e. The van der Waals surface area contributed by atoms with Crippen molar-refractivity contribution in [2.45, 2.75) is 44.1 Å². The van der Waals surface area contributed by atoms with E-state index in [1.165, 1.54) is 0 Å². The zero-order valence-electron chi connectivity index (χ0n) is 6.94. The first-order chi connectivity index (χ1) is 5.58. The van der Waals surface area contributed by atoms with E-state index in [-0.39, 0.29) is 30.2 Å². The molecule has 12 heavy (non-hydrogen) atoms. The Morgan fingerprint density at radius 3 is 2.58 bits per heavy atom. The molecule has 0 spiro atoms. The number of rotatable bonds is 0. The fourth-order valence-corrected chi connectivity index (χ4v) is 2.01. The summed E-state index contributed by atoms with van der Waals surface area (Å²) in [5.41, 5.74) is 0. The third kappa shape index (κ3) is 0.701. The Bertz CT molecular complexity index is 260. The number of epoxide rings is 1. The van der Waals surface area contributed by atoms with E-state index in [9.17, 15) is 4.79 Å². The molecule has 2 saturated heterocycles. The van der Waals surface area contributed by atoms with Gasteiger partial charge in [-0.25, -0.2) is 0 Å². The van der Waals surface area contributed by atoms with Crippen molar-refractivity contribution in [3.05, 3.63) is 0 Å². The molecule has 0 N–H and O–H groups in total. The third-order valence-electron chi connectivity index (χ3n) is 2.54. The average molecular weight is 170 g/mol. The van der Waals surface area contributed by atoms with Crippen LogP contribution in [0.4, 0.5) is 0 Å². The van der Waals surface area contributed by atoms with Gasteiger partial charge in [0.05, 0.1) is 0 Å². The number of Topliss-reactive ketones (excluding diaryl/α,β-unsaturated/α-hetero) is 1. The highest BCUT2D eigenvalue weighted by Gasteiger charge is 2.68. The summed E-state index contributed by atoms with van der Waals surface area (Å²) in [6.07, 6.45) is -0.776. The second kappa shape index (κ2) is 1.73. The van der Waals surface area contributed by atoms with Gasteiger partial charge in [0.15, 0.2) is 17.7 Å². The van der Waals surface area contributed by atoms with Gasteiger partial charge in [-0.05, 0) is 13.8 Å². The molecule has 0 bridgehead atoms. The summed E-state index contributed by atoms with van der Waals surface area (Å²) in [5, 5.41) is 0. The summed E-state index contributed by atoms with van der Waals surface area (Å²) in [6, 6.07) is 0. The summed E-state index contributed by atoms with van der Waals surface area (Å²) >= 11 is 0. The van der Waals surface area contributed by atoms with Crippen LogP contribution >= 0.6 is 0 Å². The van der Waals surface area contributed by atoms with Gasteiger partial charge < -0.3 is 14.2 Å². The maximum atomic E-state index is 11.4. The SMILES string of the molecule is CC1(C)OC2C(=O)C3OC3C2O1. The van der Waals surface area contributed by atoms with Crippen molar-refractivity contribution in [2.75, 3.05) is 0 Å². The third-order valence-corrected chi connectivity index (χ3v) is 2.54. The Hall–Kier alpha value is -0.450. The van der Waals surface area contributed by atoms with E-state index in [1.807, 2.05) is 13.8 Å². The Morgan fingerprint density at radius 1 is 1.17 bits per heavy atom. The molecule has 4 nitrogen and oxygen atoms in total. The molecule has 0 amide bonds. The molecule has 2 aliphatic heterocycles. The Kier molecular flexibility index (Phi) is 1.01. The number of carbonyl (C=O) groups excluding carboxylic acids is 1. The Labute approximate surface area is 69.8 Å². The molecule has 0 aromatic rings. The highest BCUT2D eigenvalue weighted by molar-refractivity contribution is 5.94. The van der Waals surface area contributed by atoms with Crippen LogP contribution in [-0.2, 0) is 19.0 Å². The van der Waals surface area contributed by atoms with Crippen LogP contribution in [0.2, 0.25) is 0 Å². The van der Waals surface area contributed by atoms with Crippen molar-refractivity contribution in [3.63, 3.8) is 0 Å². The van der Waals surface area contributed by atoms with E-state index in [2.05, 4.69) is 0 Å². The van der Waals surface area contributed by atoms with Crippen molar-refractivity contribution in [1.82, 2.24) is 0 Å². The van der Waals surface area contributed by atoms with E-state index in [1.54, 1.807) is 0 Å². The number of carbonyl (C=O) groups is 1. The van der Waals surface area contributed by atoms with E-state index >= 15 is 0 Å². The number of ether oxygens (including phenoxy) is 3. The van der Waals surface area contributed by atoms with Gasteiger partial charge in [-0.15, -0.1) is 0 Å². The number of hydrogen-bond donors (Lipinski definition) is 0. The van der Waals surface area contributed by atoms with E-state index in [0.717, 1.165) is 0 Å². The van der Waals surface area contributed by atoms with Crippen molar-refractivity contribution in [1.29, 1.82) is 0 Å². The summed E-state index contributed by atoms with van der Waals surface area (Å²) < 4.78 is 16.1.